The van der Waals surface area contributed by atoms with E-state index in [2.05, 4.69) is 0 Å². The van der Waals surface area contributed by atoms with Gasteiger partial charge in [0.15, 0.2) is 6.26 Å². The van der Waals surface area contributed by atoms with Crippen molar-refractivity contribution in [2.24, 2.45) is 0 Å². The fraction of sp³-hybridized carbons (Fsp3) is 0. The molecule has 0 spiro atoms. The normalized spacial score (nSPS) is 11.0. The van der Waals surface area contributed by atoms with Gasteiger partial charge in [0, 0.05) is 22.7 Å². The van der Waals surface area contributed by atoms with E-state index in [0.29, 0.717) is 5.75 Å². The maximum atomic E-state index is 10.8. The van der Waals surface area contributed by atoms with E-state index < -0.39 is 11.2 Å². The molecule has 0 amide bonds. The summed E-state index contributed by atoms with van der Waals surface area (Å²) in [6, 6.07) is 25.4. The molecule has 0 radical (unpaired) electrons. The van der Waals surface area contributed by atoms with Crippen molar-refractivity contribution in [2.45, 2.75) is 0 Å². The third-order valence-corrected chi connectivity index (χ3v) is 7.39. The minimum Gasteiger partial charge on any atom is -0.458 e. The summed E-state index contributed by atoms with van der Waals surface area (Å²) >= 11 is 5.96. The van der Waals surface area contributed by atoms with Gasteiger partial charge >= 0.3 is 0 Å². The van der Waals surface area contributed by atoms with Crippen molar-refractivity contribution in [3.05, 3.63) is 95.0 Å². The summed E-state index contributed by atoms with van der Waals surface area (Å²) in [6.45, 7) is 0. The minimum atomic E-state index is -2.52. The van der Waals surface area contributed by atoms with Crippen LogP contribution in [0.15, 0.2) is 84.9 Å². The Hall–Kier alpha value is -2.49. The van der Waals surface area contributed by atoms with Crippen molar-refractivity contribution in [3.63, 3.8) is 0 Å². The van der Waals surface area contributed by atoms with Crippen LogP contribution in [0.3, 0.4) is 0 Å². The molecule has 0 saturated heterocycles. The van der Waals surface area contributed by atoms with Crippen LogP contribution in [0.25, 0.3) is 0 Å². The van der Waals surface area contributed by atoms with E-state index >= 15 is 0 Å². The zero-order valence-electron chi connectivity index (χ0n) is 12.6. The molecule has 0 aliphatic rings. The maximum absolute atomic E-state index is 10.8. The van der Waals surface area contributed by atoms with E-state index in [9.17, 15) is 10.1 Å². The molecule has 0 aromatic heterocycles. The summed E-state index contributed by atoms with van der Waals surface area (Å²) in [4.78, 5) is 10.4. The van der Waals surface area contributed by atoms with E-state index in [-0.39, 0.29) is 5.69 Å². The molecule has 3 aromatic carbocycles. The van der Waals surface area contributed by atoms with Crippen molar-refractivity contribution in [1.82, 2.24) is 0 Å². The number of non-ortho nitro benzene ring substituents is 1. The van der Waals surface area contributed by atoms with Gasteiger partial charge in [0.1, 0.15) is 5.75 Å². The van der Waals surface area contributed by atoms with Crippen LogP contribution in [0.1, 0.15) is 0 Å². The largest absolute Gasteiger partial charge is 0.458 e. The molecule has 0 unspecified atom stereocenters. The van der Waals surface area contributed by atoms with Crippen LogP contribution in [0, 0.1) is 10.1 Å². The monoisotopic (exact) mass is 355 g/mol. The first kappa shape index (κ1) is 16.4. The second-order valence-electron chi connectivity index (χ2n) is 5.06. The first-order valence-electron chi connectivity index (χ1n) is 7.25. The van der Waals surface area contributed by atoms with Crippen LogP contribution < -0.4 is 15.1 Å². The summed E-state index contributed by atoms with van der Waals surface area (Å²) < 4.78 is 6.21. The standard InChI is InChI=1S/C18H14NO3PS/c20-19(21)15-11-13-16(14-12-15)22-23(24,17-7-3-1-4-8-17)18-9-5-2-6-10-18/h1-14H. The summed E-state index contributed by atoms with van der Waals surface area (Å²) in [7, 11) is 0. The van der Waals surface area contributed by atoms with Gasteiger partial charge in [0.05, 0.1) is 4.92 Å². The number of nitro benzene ring substituents is 1. The summed E-state index contributed by atoms with van der Waals surface area (Å²) in [6.07, 6.45) is -2.52. The molecule has 0 bridgehead atoms. The van der Waals surface area contributed by atoms with Crippen LogP contribution in [0.5, 0.6) is 5.75 Å². The molecule has 0 heterocycles. The predicted octanol–water partition coefficient (Wildman–Crippen LogP) is 4.02. The molecule has 0 saturated carbocycles. The molecule has 3 rings (SSSR count). The first-order chi connectivity index (χ1) is 11.6. The molecule has 3 aromatic rings. The molecule has 0 fully saturated rings. The Morgan fingerprint density at radius 2 is 1.25 bits per heavy atom. The first-order valence-corrected chi connectivity index (χ1v) is 9.97. The van der Waals surface area contributed by atoms with E-state index in [1.807, 2.05) is 60.7 Å². The van der Waals surface area contributed by atoms with Crippen LogP contribution in [-0.2, 0) is 11.8 Å². The van der Waals surface area contributed by atoms with Crippen molar-refractivity contribution in [1.29, 1.82) is 0 Å². The molecule has 0 aliphatic carbocycles. The molecule has 4 nitrogen and oxygen atoms in total. The lowest BCUT2D eigenvalue weighted by Crippen LogP contribution is -2.19. The third kappa shape index (κ3) is 3.37. The lowest BCUT2D eigenvalue weighted by atomic mass is 10.3. The van der Waals surface area contributed by atoms with E-state index in [1.54, 1.807) is 12.1 Å². The predicted molar refractivity (Wildman–Crippen MR) is 100 cm³/mol. The van der Waals surface area contributed by atoms with Gasteiger partial charge in [-0.1, -0.05) is 60.7 Å². The molecule has 0 N–H and O–H groups in total. The summed E-state index contributed by atoms with van der Waals surface area (Å²) in [5.41, 5.74) is 0.0232. The summed E-state index contributed by atoms with van der Waals surface area (Å²) in [5.74, 6) is 0.525. The van der Waals surface area contributed by atoms with E-state index in [4.69, 9.17) is 16.3 Å². The number of hydrogen-bond acceptors (Lipinski definition) is 4. The second-order valence-corrected chi connectivity index (χ2v) is 8.93. The highest BCUT2D eigenvalue weighted by Crippen LogP contribution is 2.45. The van der Waals surface area contributed by atoms with Crippen LogP contribution in [0.4, 0.5) is 5.69 Å². The lowest BCUT2D eigenvalue weighted by Gasteiger charge is -2.24. The maximum Gasteiger partial charge on any atom is 0.269 e. The second kappa shape index (κ2) is 6.95. The van der Waals surface area contributed by atoms with Crippen LogP contribution >= 0.6 is 6.26 Å². The van der Waals surface area contributed by atoms with Gasteiger partial charge in [-0.3, -0.25) is 10.1 Å². The van der Waals surface area contributed by atoms with Gasteiger partial charge in [0.2, 0.25) is 0 Å². The highest BCUT2D eigenvalue weighted by molar-refractivity contribution is 8.19. The summed E-state index contributed by atoms with van der Waals surface area (Å²) in [5, 5.41) is 12.7. The Labute approximate surface area is 145 Å². The number of nitrogens with zero attached hydrogens (tertiary/aromatic N) is 1. The van der Waals surface area contributed by atoms with Gasteiger partial charge in [0.25, 0.3) is 5.69 Å². The Kier molecular flexibility index (Phi) is 4.74. The SMILES string of the molecule is O=[N+]([O-])c1ccc(OP(=S)(c2ccccc2)c2ccccc2)cc1. The Morgan fingerprint density at radius 1 is 0.792 bits per heavy atom. The zero-order chi connectivity index (χ0) is 17.0. The lowest BCUT2D eigenvalue weighted by molar-refractivity contribution is -0.384. The minimum absolute atomic E-state index is 0.0232. The fourth-order valence-corrected chi connectivity index (χ4v) is 5.33. The Morgan fingerprint density at radius 3 is 1.67 bits per heavy atom. The van der Waals surface area contributed by atoms with Crippen LogP contribution in [-0.4, -0.2) is 4.92 Å². The quantitative estimate of drug-likeness (QED) is 0.394. The van der Waals surface area contributed by atoms with Gasteiger partial charge in [-0.25, -0.2) is 0 Å². The number of benzene rings is 3. The highest BCUT2D eigenvalue weighted by atomic mass is 32.4. The fourth-order valence-electron chi connectivity index (χ4n) is 2.28. The zero-order valence-corrected chi connectivity index (χ0v) is 14.3. The van der Waals surface area contributed by atoms with Crippen molar-refractivity contribution >= 4 is 34.4 Å². The smallest absolute Gasteiger partial charge is 0.269 e. The molecule has 0 atom stereocenters. The van der Waals surface area contributed by atoms with Gasteiger partial charge in [-0.2, -0.15) is 0 Å². The molecule has 120 valence electrons. The van der Waals surface area contributed by atoms with Gasteiger partial charge in [-0.15, -0.1) is 0 Å². The van der Waals surface area contributed by atoms with Crippen molar-refractivity contribution < 1.29 is 9.45 Å². The number of nitro groups is 1. The topological polar surface area (TPSA) is 52.4 Å². The molecule has 0 aliphatic heterocycles. The third-order valence-electron chi connectivity index (χ3n) is 3.47. The molecule has 24 heavy (non-hydrogen) atoms. The van der Waals surface area contributed by atoms with Crippen molar-refractivity contribution in [2.75, 3.05) is 0 Å². The van der Waals surface area contributed by atoms with E-state index in [1.165, 1.54) is 12.1 Å². The average Bonchev–Trinajstić information content (AvgIpc) is 2.63. The molecule has 6 heteroatoms. The van der Waals surface area contributed by atoms with Gasteiger partial charge in [-0.05, 0) is 23.9 Å². The van der Waals surface area contributed by atoms with Crippen molar-refractivity contribution in [3.8, 4) is 5.75 Å². The van der Waals surface area contributed by atoms with E-state index in [0.717, 1.165) is 10.6 Å². The molecular weight excluding hydrogens is 341 g/mol. The Bertz CT molecular complexity index is 840. The molecular formula is C18H14NO3PS. The average molecular weight is 355 g/mol. The number of hydrogen-bond donors (Lipinski definition) is 0. The Balaban J connectivity index is 2.03. The number of rotatable bonds is 5. The van der Waals surface area contributed by atoms with Crippen LogP contribution in [0.2, 0.25) is 0 Å². The highest BCUT2D eigenvalue weighted by Gasteiger charge is 2.25. The van der Waals surface area contributed by atoms with Gasteiger partial charge < -0.3 is 4.52 Å².